The van der Waals surface area contributed by atoms with Crippen molar-refractivity contribution in [3.63, 3.8) is 0 Å². The van der Waals surface area contributed by atoms with E-state index in [2.05, 4.69) is 38.1 Å². The summed E-state index contributed by atoms with van der Waals surface area (Å²) in [6, 6.07) is 8.98. The average Bonchev–Trinajstić information content (AvgIpc) is 2.47. The van der Waals surface area contributed by atoms with Crippen molar-refractivity contribution in [1.82, 2.24) is 4.90 Å². The first-order valence-electron chi connectivity index (χ1n) is 8.65. The molecule has 1 amide bonds. The SMILES string of the molecule is CN(C)C(=O)C[C@@]1(C)CCC[C@]2(C)c3ccccc3CCC12. The Morgan fingerprint density at radius 2 is 1.95 bits per heavy atom. The number of nitrogens with zero attached hydrogens (tertiary/aromatic N) is 1. The molecule has 0 spiro atoms. The van der Waals surface area contributed by atoms with Crippen LogP contribution < -0.4 is 0 Å². The Kier molecular flexibility index (Phi) is 3.82. The molecule has 3 atom stereocenters. The maximum absolute atomic E-state index is 12.4. The molecule has 22 heavy (non-hydrogen) atoms. The van der Waals surface area contributed by atoms with Gasteiger partial charge in [0.2, 0.25) is 5.91 Å². The highest BCUT2D eigenvalue weighted by atomic mass is 16.2. The lowest BCUT2D eigenvalue weighted by atomic mass is 9.49. The number of aryl methyl sites for hydroxylation is 1. The van der Waals surface area contributed by atoms with E-state index in [1.807, 2.05) is 14.1 Å². The highest BCUT2D eigenvalue weighted by Gasteiger charge is 2.52. The lowest BCUT2D eigenvalue weighted by Crippen LogP contribution is -2.50. The Hall–Kier alpha value is -1.31. The maximum Gasteiger partial charge on any atom is 0.222 e. The van der Waals surface area contributed by atoms with Gasteiger partial charge in [0.1, 0.15) is 0 Å². The number of carbonyl (C=O) groups excluding carboxylic acids is 1. The molecule has 0 N–H and O–H groups in total. The van der Waals surface area contributed by atoms with Crippen LogP contribution in [0.1, 0.15) is 57.1 Å². The average molecular weight is 299 g/mol. The highest BCUT2D eigenvalue weighted by molar-refractivity contribution is 5.76. The third kappa shape index (κ3) is 2.37. The number of carbonyl (C=O) groups is 1. The summed E-state index contributed by atoms with van der Waals surface area (Å²) in [6.07, 6.45) is 6.78. The zero-order chi connectivity index (χ0) is 16.0. The molecule has 120 valence electrons. The van der Waals surface area contributed by atoms with Crippen molar-refractivity contribution in [2.45, 2.75) is 57.8 Å². The zero-order valence-corrected chi connectivity index (χ0v) is 14.5. The lowest BCUT2D eigenvalue weighted by molar-refractivity contribution is -0.133. The van der Waals surface area contributed by atoms with Gasteiger partial charge in [0.05, 0.1) is 0 Å². The molecule has 2 aliphatic rings. The smallest absolute Gasteiger partial charge is 0.222 e. The predicted molar refractivity (Wildman–Crippen MR) is 90.9 cm³/mol. The number of hydrogen-bond donors (Lipinski definition) is 0. The topological polar surface area (TPSA) is 20.3 Å². The van der Waals surface area contributed by atoms with Crippen LogP contribution in [0.3, 0.4) is 0 Å². The largest absolute Gasteiger partial charge is 0.349 e. The van der Waals surface area contributed by atoms with E-state index in [4.69, 9.17) is 0 Å². The van der Waals surface area contributed by atoms with Gasteiger partial charge in [-0.15, -0.1) is 0 Å². The molecule has 0 bridgehead atoms. The molecule has 1 aromatic rings. The van der Waals surface area contributed by atoms with Crippen LogP contribution in [0.25, 0.3) is 0 Å². The summed E-state index contributed by atoms with van der Waals surface area (Å²) < 4.78 is 0. The Balaban J connectivity index is 1.97. The number of amides is 1. The van der Waals surface area contributed by atoms with E-state index in [1.165, 1.54) is 37.7 Å². The molecule has 3 rings (SSSR count). The third-order valence-corrected chi connectivity index (χ3v) is 6.44. The number of fused-ring (bicyclic) bond motifs is 3. The second kappa shape index (κ2) is 5.40. The van der Waals surface area contributed by atoms with E-state index >= 15 is 0 Å². The van der Waals surface area contributed by atoms with Crippen LogP contribution in [0.5, 0.6) is 0 Å². The summed E-state index contributed by atoms with van der Waals surface area (Å²) in [5.74, 6) is 0.901. The summed E-state index contributed by atoms with van der Waals surface area (Å²) in [5.41, 5.74) is 3.47. The van der Waals surface area contributed by atoms with Crippen LogP contribution in [0.4, 0.5) is 0 Å². The molecule has 1 fully saturated rings. The fourth-order valence-electron chi connectivity index (χ4n) is 5.28. The Morgan fingerprint density at radius 3 is 2.68 bits per heavy atom. The van der Waals surface area contributed by atoms with Crippen LogP contribution in [0.2, 0.25) is 0 Å². The first kappa shape index (κ1) is 15.6. The number of benzene rings is 1. The van der Waals surface area contributed by atoms with Crippen molar-refractivity contribution in [2.75, 3.05) is 14.1 Å². The van der Waals surface area contributed by atoms with Gasteiger partial charge in [0.15, 0.2) is 0 Å². The molecule has 1 unspecified atom stereocenters. The van der Waals surface area contributed by atoms with Crippen molar-refractivity contribution in [3.8, 4) is 0 Å². The van der Waals surface area contributed by atoms with Crippen molar-refractivity contribution >= 4 is 5.91 Å². The number of hydrogen-bond acceptors (Lipinski definition) is 1. The van der Waals surface area contributed by atoms with Gasteiger partial charge >= 0.3 is 0 Å². The maximum atomic E-state index is 12.4. The Bertz CT molecular complexity index is 579. The van der Waals surface area contributed by atoms with Gasteiger partial charge in [-0.25, -0.2) is 0 Å². The van der Waals surface area contributed by atoms with Crippen molar-refractivity contribution in [1.29, 1.82) is 0 Å². The van der Waals surface area contributed by atoms with Gasteiger partial charge in [-0.3, -0.25) is 4.79 Å². The highest BCUT2D eigenvalue weighted by Crippen LogP contribution is 2.58. The van der Waals surface area contributed by atoms with Crippen LogP contribution in [0.15, 0.2) is 24.3 Å². The quantitative estimate of drug-likeness (QED) is 0.802. The van der Waals surface area contributed by atoms with Gasteiger partial charge in [0.25, 0.3) is 0 Å². The predicted octanol–water partition coefficient (Wildman–Crippen LogP) is 4.18. The molecule has 0 aromatic heterocycles. The van der Waals surface area contributed by atoms with Gasteiger partial charge in [-0.05, 0) is 53.6 Å². The monoisotopic (exact) mass is 299 g/mol. The van der Waals surface area contributed by atoms with Gasteiger partial charge < -0.3 is 4.90 Å². The lowest BCUT2D eigenvalue weighted by Gasteiger charge is -2.55. The van der Waals surface area contributed by atoms with E-state index < -0.39 is 0 Å². The minimum absolute atomic E-state index is 0.141. The van der Waals surface area contributed by atoms with E-state index in [0.717, 1.165) is 0 Å². The van der Waals surface area contributed by atoms with Crippen LogP contribution >= 0.6 is 0 Å². The summed E-state index contributed by atoms with van der Waals surface area (Å²) >= 11 is 0. The zero-order valence-electron chi connectivity index (χ0n) is 14.5. The van der Waals surface area contributed by atoms with E-state index in [1.54, 1.807) is 10.5 Å². The van der Waals surface area contributed by atoms with E-state index in [0.29, 0.717) is 12.3 Å². The first-order valence-corrected chi connectivity index (χ1v) is 8.65. The minimum Gasteiger partial charge on any atom is -0.349 e. The molecular weight excluding hydrogens is 270 g/mol. The second-order valence-corrected chi connectivity index (χ2v) is 8.14. The van der Waals surface area contributed by atoms with Crippen molar-refractivity contribution in [3.05, 3.63) is 35.4 Å². The molecule has 0 saturated heterocycles. The van der Waals surface area contributed by atoms with Crippen LogP contribution in [0, 0.1) is 11.3 Å². The molecule has 0 radical (unpaired) electrons. The normalized spacial score (nSPS) is 33.7. The van der Waals surface area contributed by atoms with Gasteiger partial charge in [-0.1, -0.05) is 44.5 Å². The molecule has 0 aliphatic heterocycles. The number of rotatable bonds is 2. The molecule has 1 aromatic carbocycles. The molecule has 2 aliphatic carbocycles. The summed E-state index contributed by atoms with van der Waals surface area (Å²) in [7, 11) is 3.76. The van der Waals surface area contributed by atoms with E-state index in [9.17, 15) is 4.79 Å². The fourth-order valence-corrected chi connectivity index (χ4v) is 5.28. The van der Waals surface area contributed by atoms with Gasteiger partial charge in [-0.2, -0.15) is 0 Å². The van der Waals surface area contributed by atoms with Crippen LogP contribution in [-0.4, -0.2) is 24.9 Å². The molecule has 2 nitrogen and oxygen atoms in total. The molecular formula is C20H29NO. The standard InChI is InChI=1S/C20H29NO/c1-19(14-18(22)21(3)4)12-7-13-20(2)16-9-6-5-8-15(16)10-11-17(19)20/h5-6,8-9,17H,7,10-14H2,1-4H3/t17?,19-,20-/m1/s1. The van der Waals surface area contributed by atoms with Gasteiger partial charge in [0, 0.05) is 20.5 Å². The molecule has 2 heteroatoms. The van der Waals surface area contributed by atoms with Crippen LogP contribution in [-0.2, 0) is 16.6 Å². The van der Waals surface area contributed by atoms with Crippen molar-refractivity contribution in [2.24, 2.45) is 11.3 Å². The Labute approximate surface area is 134 Å². The summed E-state index contributed by atoms with van der Waals surface area (Å²) in [6.45, 7) is 4.82. The van der Waals surface area contributed by atoms with E-state index in [-0.39, 0.29) is 16.7 Å². The van der Waals surface area contributed by atoms with Crippen molar-refractivity contribution < 1.29 is 4.79 Å². The summed E-state index contributed by atoms with van der Waals surface area (Å²) in [4.78, 5) is 14.1. The molecule has 0 heterocycles. The molecule has 1 saturated carbocycles. The Morgan fingerprint density at radius 1 is 1.23 bits per heavy atom. The summed E-state index contributed by atoms with van der Waals surface area (Å²) in [5, 5.41) is 0. The third-order valence-electron chi connectivity index (χ3n) is 6.44. The second-order valence-electron chi connectivity index (χ2n) is 8.14. The minimum atomic E-state index is 0.141. The fraction of sp³-hybridized carbons (Fsp3) is 0.650. The first-order chi connectivity index (χ1) is 10.4.